The Morgan fingerprint density at radius 3 is 2.90 bits per heavy atom. The van der Waals surface area contributed by atoms with E-state index in [0.717, 1.165) is 11.1 Å². The minimum atomic E-state index is -0.309. The molecule has 1 N–H and O–H groups in total. The molecule has 0 radical (unpaired) electrons. The van der Waals surface area contributed by atoms with Crippen molar-refractivity contribution in [1.82, 2.24) is 15.5 Å². The standard InChI is InChI=1S/C15H12ClN3O2/c1-9-6-10(21-19-9)8-17-15(20)14-7-12(16)11-4-2-3-5-13(11)18-14/h2-7H,8H2,1H3,(H,17,20). The van der Waals surface area contributed by atoms with Gasteiger partial charge in [0.05, 0.1) is 22.8 Å². The van der Waals surface area contributed by atoms with E-state index in [2.05, 4.69) is 15.5 Å². The fraction of sp³-hybridized carbons (Fsp3) is 0.133. The molecule has 2 aromatic heterocycles. The minimum absolute atomic E-state index is 0.256. The Bertz CT molecular complexity index is 814. The van der Waals surface area contributed by atoms with Crippen LogP contribution in [0, 0.1) is 6.92 Å². The molecular weight excluding hydrogens is 290 g/mol. The molecule has 0 saturated carbocycles. The summed E-state index contributed by atoms with van der Waals surface area (Å²) in [5.41, 5.74) is 1.73. The number of benzene rings is 1. The van der Waals surface area contributed by atoms with E-state index >= 15 is 0 Å². The molecule has 1 amide bonds. The van der Waals surface area contributed by atoms with Gasteiger partial charge >= 0.3 is 0 Å². The molecule has 0 bridgehead atoms. The van der Waals surface area contributed by atoms with Crippen molar-refractivity contribution >= 4 is 28.4 Å². The van der Waals surface area contributed by atoms with Gasteiger partial charge in [-0.3, -0.25) is 4.79 Å². The largest absolute Gasteiger partial charge is 0.359 e. The molecule has 0 aliphatic rings. The first-order valence-electron chi connectivity index (χ1n) is 6.39. The molecule has 0 unspecified atom stereocenters. The molecule has 2 heterocycles. The van der Waals surface area contributed by atoms with Crippen LogP contribution < -0.4 is 5.32 Å². The second-order valence-corrected chi connectivity index (χ2v) is 5.03. The summed E-state index contributed by atoms with van der Waals surface area (Å²) in [6.07, 6.45) is 0. The van der Waals surface area contributed by atoms with Gasteiger partial charge < -0.3 is 9.84 Å². The van der Waals surface area contributed by atoms with E-state index in [1.807, 2.05) is 31.2 Å². The van der Waals surface area contributed by atoms with E-state index in [-0.39, 0.29) is 18.1 Å². The van der Waals surface area contributed by atoms with Gasteiger partial charge in [0.2, 0.25) is 0 Å². The quantitative estimate of drug-likeness (QED) is 0.807. The first-order chi connectivity index (χ1) is 10.1. The highest BCUT2D eigenvalue weighted by Gasteiger charge is 2.12. The van der Waals surface area contributed by atoms with Crippen molar-refractivity contribution in [3.63, 3.8) is 0 Å². The van der Waals surface area contributed by atoms with Crippen molar-refractivity contribution in [2.45, 2.75) is 13.5 Å². The Morgan fingerprint density at radius 2 is 2.14 bits per heavy atom. The van der Waals surface area contributed by atoms with Gasteiger partial charge in [0.25, 0.3) is 5.91 Å². The number of pyridine rings is 1. The Kier molecular flexibility index (Phi) is 3.58. The number of nitrogens with one attached hydrogen (secondary N) is 1. The minimum Gasteiger partial charge on any atom is -0.359 e. The second-order valence-electron chi connectivity index (χ2n) is 4.62. The highest BCUT2D eigenvalue weighted by Crippen LogP contribution is 2.22. The lowest BCUT2D eigenvalue weighted by molar-refractivity contribution is 0.0942. The van der Waals surface area contributed by atoms with Gasteiger partial charge in [0, 0.05) is 11.5 Å². The summed E-state index contributed by atoms with van der Waals surface area (Å²) in [7, 11) is 0. The van der Waals surface area contributed by atoms with Gasteiger partial charge in [-0.25, -0.2) is 4.98 Å². The van der Waals surface area contributed by atoms with Crippen molar-refractivity contribution in [3.05, 3.63) is 58.6 Å². The summed E-state index contributed by atoms with van der Waals surface area (Å²) in [5.74, 6) is 0.282. The van der Waals surface area contributed by atoms with Gasteiger partial charge in [-0.15, -0.1) is 0 Å². The monoisotopic (exact) mass is 301 g/mol. The summed E-state index contributed by atoms with van der Waals surface area (Å²) in [4.78, 5) is 16.4. The average molecular weight is 302 g/mol. The number of rotatable bonds is 3. The summed E-state index contributed by atoms with van der Waals surface area (Å²) < 4.78 is 5.03. The molecule has 3 aromatic rings. The number of fused-ring (bicyclic) bond motifs is 1. The third kappa shape index (κ3) is 2.87. The van der Waals surface area contributed by atoms with E-state index in [0.29, 0.717) is 16.3 Å². The van der Waals surface area contributed by atoms with Crippen LogP contribution in [0.3, 0.4) is 0 Å². The van der Waals surface area contributed by atoms with Crippen molar-refractivity contribution in [3.8, 4) is 0 Å². The number of aryl methyl sites for hydroxylation is 1. The summed E-state index contributed by atoms with van der Waals surface area (Å²) in [5, 5.41) is 7.81. The normalized spacial score (nSPS) is 10.8. The third-order valence-electron chi connectivity index (χ3n) is 3.00. The van der Waals surface area contributed by atoms with Crippen LogP contribution in [-0.2, 0) is 6.54 Å². The van der Waals surface area contributed by atoms with Gasteiger partial charge in [-0.05, 0) is 19.1 Å². The lowest BCUT2D eigenvalue weighted by Crippen LogP contribution is -2.23. The maximum absolute atomic E-state index is 12.1. The smallest absolute Gasteiger partial charge is 0.270 e. The number of nitrogens with zero attached hydrogens (tertiary/aromatic N) is 2. The van der Waals surface area contributed by atoms with Gasteiger partial charge in [0.15, 0.2) is 5.76 Å². The van der Waals surface area contributed by atoms with E-state index in [9.17, 15) is 4.79 Å². The maximum Gasteiger partial charge on any atom is 0.270 e. The number of hydrogen-bond acceptors (Lipinski definition) is 4. The van der Waals surface area contributed by atoms with Crippen LogP contribution in [0.2, 0.25) is 5.02 Å². The van der Waals surface area contributed by atoms with Crippen LogP contribution in [-0.4, -0.2) is 16.0 Å². The molecule has 0 saturated heterocycles. The van der Waals surface area contributed by atoms with Crippen molar-refractivity contribution in [2.75, 3.05) is 0 Å². The third-order valence-corrected chi connectivity index (χ3v) is 3.31. The average Bonchev–Trinajstić information content (AvgIpc) is 2.90. The number of para-hydroxylation sites is 1. The molecule has 5 nitrogen and oxygen atoms in total. The molecule has 3 rings (SSSR count). The lowest BCUT2D eigenvalue weighted by atomic mass is 10.2. The molecular formula is C15H12ClN3O2. The maximum atomic E-state index is 12.1. The molecule has 1 aromatic carbocycles. The summed E-state index contributed by atoms with van der Waals surface area (Å²) >= 11 is 6.18. The van der Waals surface area contributed by atoms with Crippen molar-refractivity contribution < 1.29 is 9.32 Å². The Labute approximate surface area is 125 Å². The van der Waals surface area contributed by atoms with Crippen LogP contribution >= 0.6 is 11.6 Å². The number of carbonyl (C=O) groups is 1. The van der Waals surface area contributed by atoms with Crippen LogP contribution in [0.1, 0.15) is 21.9 Å². The van der Waals surface area contributed by atoms with Crippen LogP contribution in [0.5, 0.6) is 0 Å². The van der Waals surface area contributed by atoms with Gasteiger partial charge in [0.1, 0.15) is 5.69 Å². The molecule has 0 spiro atoms. The second kappa shape index (κ2) is 5.54. The Hall–Kier alpha value is -2.40. The predicted octanol–water partition coefficient (Wildman–Crippen LogP) is 3.11. The summed E-state index contributed by atoms with van der Waals surface area (Å²) in [6.45, 7) is 2.07. The Morgan fingerprint density at radius 1 is 1.33 bits per heavy atom. The number of halogens is 1. The molecule has 6 heteroatoms. The molecule has 0 atom stereocenters. The molecule has 0 fully saturated rings. The molecule has 106 valence electrons. The number of hydrogen-bond donors (Lipinski definition) is 1. The fourth-order valence-corrected chi connectivity index (χ4v) is 2.27. The van der Waals surface area contributed by atoms with E-state index < -0.39 is 0 Å². The zero-order chi connectivity index (χ0) is 14.8. The molecule has 21 heavy (non-hydrogen) atoms. The van der Waals surface area contributed by atoms with E-state index in [4.69, 9.17) is 16.1 Å². The van der Waals surface area contributed by atoms with Crippen LogP contribution in [0.4, 0.5) is 0 Å². The highest BCUT2D eigenvalue weighted by atomic mass is 35.5. The van der Waals surface area contributed by atoms with Crippen LogP contribution in [0.15, 0.2) is 40.9 Å². The zero-order valence-electron chi connectivity index (χ0n) is 11.3. The number of amides is 1. The number of carbonyl (C=O) groups excluding carboxylic acids is 1. The molecule has 0 aliphatic heterocycles. The van der Waals surface area contributed by atoms with Gasteiger partial charge in [-0.2, -0.15) is 0 Å². The van der Waals surface area contributed by atoms with Crippen molar-refractivity contribution in [2.24, 2.45) is 0 Å². The first kappa shape index (κ1) is 13.6. The lowest BCUT2D eigenvalue weighted by Gasteiger charge is -2.05. The summed E-state index contributed by atoms with van der Waals surface area (Å²) in [6, 6.07) is 10.7. The SMILES string of the molecule is Cc1cc(CNC(=O)c2cc(Cl)c3ccccc3n2)on1. The highest BCUT2D eigenvalue weighted by molar-refractivity contribution is 6.35. The predicted molar refractivity (Wildman–Crippen MR) is 79.2 cm³/mol. The fourth-order valence-electron chi connectivity index (χ4n) is 2.01. The first-order valence-corrected chi connectivity index (χ1v) is 6.77. The van der Waals surface area contributed by atoms with E-state index in [1.165, 1.54) is 0 Å². The van der Waals surface area contributed by atoms with Crippen molar-refractivity contribution in [1.29, 1.82) is 0 Å². The van der Waals surface area contributed by atoms with Crippen LogP contribution in [0.25, 0.3) is 10.9 Å². The topological polar surface area (TPSA) is 68.0 Å². The van der Waals surface area contributed by atoms with E-state index in [1.54, 1.807) is 12.1 Å². The van der Waals surface area contributed by atoms with Gasteiger partial charge in [-0.1, -0.05) is 35.0 Å². The number of aromatic nitrogens is 2. The molecule has 0 aliphatic carbocycles. The Balaban J connectivity index is 1.81. The zero-order valence-corrected chi connectivity index (χ0v) is 12.0.